The highest BCUT2D eigenvalue weighted by atomic mass is 19.1. The molecule has 0 unspecified atom stereocenters. The van der Waals surface area contributed by atoms with Gasteiger partial charge in [-0.15, -0.1) is 0 Å². The lowest BCUT2D eigenvalue weighted by Gasteiger charge is -2.14. The number of benzene rings is 1. The Bertz CT molecular complexity index is 902. The SMILES string of the molecule is Cc1nc2ccc(F)cc2c(NCc2ccc(C(N)=O)o2)c1C. The maximum Gasteiger partial charge on any atom is 0.284 e. The number of nitrogens with two attached hydrogens (primary N) is 1. The maximum absolute atomic E-state index is 13.6. The molecule has 118 valence electrons. The summed E-state index contributed by atoms with van der Waals surface area (Å²) in [5, 5.41) is 3.94. The molecule has 3 N–H and O–H groups in total. The van der Waals surface area contributed by atoms with Crippen molar-refractivity contribution in [3.05, 3.63) is 58.9 Å². The molecular formula is C17H16FN3O2. The fourth-order valence-corrected chi connectivity index (χ4v) is 2.46. The van der Waals surface area contributed by atoms with Gasteiger partial charge in [-0.2, -0.15) is 0 Å². The third-order valence-corrected chi connectivity index (χ3v) is 3.78. The Morgan fingerprint density at radius 1 is 1.30 bits per heavy atom. The fraction of sp³-hybridized carbons (Fsp3) is 0.176. The first-order valence-electron chi connectivity index (χ1n) is 7.14. The Labute approximate surface area is 132 Å². The van der Waals surface area contributed by atoms with E-state index in [2.05, 4.69) is 10.3 Å². The average Bonchev–Trinajstić information content (AvgIpc) is 2.98. The van der Waals surface area contributed by atoms with Crippen molar-refractivity contribution < 1.29 is 13.6 Å². The van der Waals surface area contributed by atoms with E-state index in [0.29, 0.717) is 23.2 Å². The van der Waals surface area contributed by atoms with E-state index < -0.39 is 5.91 Å². The van der Waals surface area contributed by atoms with Gasteiger partial charge in [0, 0.05) is 16.8 Å². The zero-order valence-electron chi connectivity index (χ0n) is 12.8. The van der Waals surface area contributed by atoms with Gasteiger partial charge in [0.25, 0.3) is 5.91 Å². The van der Waals surface area contributed by atoms with E-state index in [1.165, 1.54) is 18.2 Å². The number of primary amides is 1. The molecule has 6 heteroatoms. The summed E-state index contributed by atoms with van der Waals surface area (Å²) in [6.45, 7) is 4.18. The molecule has 0 fully saturated rings. The Balaban J connectivity index is 1.96. The highest BCUT2D eigenvalue weighted by Gasteiger charge is 2.12. The smallest absolute Gasteiger partial charge is 0.284 e. The summed E-state index contributed by atoms with van der Waals surface area (Å²) in [7, 11) is 0. The number of aryl methyl sites for hydroxylation is 1. The summed E-state index contributed by atoms with van der Waals surface area (Å²) < 4.78 is 18.9. The second-order valence-electron chi connectivity index (χ2n) is 5.34. The van der Waals surface area contributed by atoms with Crippen LogP contribution in [-0.2, 0) is 6.54 Å². The number of aromatic nitrogens is 1. The van der Waals surface area contributed by atoms with Crippen LogP contribution in [0.4, 0.5) is 10.1 Å². The lowest BCUT2D eigenvalue weighted by molar-refractivity contribution is 0.0972. The Morgan fingerprint density at radius 2 is 2.09 bits per heavy atom. The first-order chi connectivity index (χ1) is 11.0. The number of pyridine rings is 1. The predicted octanol–water partition coefficient (Wildman–Crippen LogP) is 3.29. The number of anilines is 1. The number of amides is 1. The topological polar surface area (TPSA) is 81.1 Å². The zero-order valence-corrected chi connectivity index (χ0v) is 12.8. The average molecular weight is 313 g/mol. The minimum atomic E-state index is -0.611. The first kappa shape index (κ1) is 15.0. The lowest BCUT2D eigenvalue weighted by Crippen LogP contribution is -2.09. The van der Waals surface area contributed by atoms with Crippen molar-refractivity contribution in [2.75, 3.05) is 5.32 Å². The van der Waals surface area contributed by atoms with E-state index in [9.17, 15) is 9.18 Å². The number of hydrogen-bond donors (Lipinski definition) is 2. The highest BCUT2D eigenvalue weighted by molar-refractivity contribution is 5.93. The molecule has 5 nitrogen and oxygen atoms in total. The van der Waals surface area contributed by atoms with Gasteiger partial charge in [-0.3, -0.25) is 9.78 Å². The number of furan rings is 1. The van der Waals surface area contributed by atoms with E-state index in [1.807, 2.05) is 13.8 Å². The quantitative estimate of drug-likeness (QED) is 0.774. The third-order valence-electron chi connectivity index (χ3n) is 3.78. The largest absolute Gasteiger partial charge is 0.454 e. The van der Waals surface area contributed by atoms with Crippen LogP contribution in [0.2, 0.25) is 0 Å². The number of rotatable bonds is 4. The predicted molar refractivity (Wildman–Crippen MR) is 85.7 cm³/mol. The molecular weight excluding hydrogens is 297 g/mol. The molecule has 3 aromatic rings. The highest BCUT2D eigenvalue weighted by Crippen LogP contribution is 2.29. The van der Waals surface area contributed by atoms with Crippen molar-refractivity contribution in [1.82, 2.24) is 4.98 Å². The molecule has 0 radical (unpaired) electrons. The molecule has 0 atom stereocenters. The van der Waals surface area contributed by atoms with Crippen LogP contribution < -0.4 is 11.1 Å². The van der Waals surface area contributed by atoms with Crippen LogP contribution in [0.3, 0.4) is 0 Å². The molecule has 2 heterocycles. The fourth-order valence-electron chi connectivity index (χ4n) is 2.46. The number of carbonyl (C=O) groups excluding carboxylic acids is 1. The monoisotopic (exact) mass is 313 g/mol. The molecule has 0 bridgehead atoms. The summed E-state index contributed by atoms with van der Waals surface area (Å²) in [4.78, 5) is 15.5. The van der Waals surface area contributed by atoms with Crippen LogP contribution in [0.5, 0.6) is 0 Å². The van der Waals surface area contributed by atoms with E-state index in [-0.39, 0.29) is 11.6 Å². The van der Waals surface area contributed by atoms with Crippen molar-refractivity contribution in [3.63, 3.8) is 0 Å². The maximum atomic E-state index is 13.6. The molecule has 23 heavy (non-hydrogen) atoms. The number of fused-ring (bicyclic) bond motifs is 1. The molecule has 0 aliphatic heterocycles. The van der Waals surface area contributed by atoms with Crippen molar-refractivity contribution in [2.24, 2.45) is 5.73 Å². The van der Waals surface area contributed by atoms with Crippen LogP contribution in [0.1, 0.15) is 27.6 Å². The first-order valence-corrected chi connectivity index (χ1v) is 7.14. The van der Waals surface area contributed by atoms with Gasteiger partial charge in [0.05, 0.1) is 12.1 Å². The van der Waals surface area contributed by atoms with Crippen LogP contribution in [0, 0.1) is 19.7 Å². The molecule has 1 amide bonds. The Hall–Kier alpha value is -2.89. The van der Waals surface area contributed by atoms with Crippen LogP contribution in [-0.4, -0.2) is 10.9 Å². The van der Waals surface area contributed by atoms with E-state index in [4.69, 9.17) is 10.2 Å². The second-order valence-corrected chi connectivity index (χ2v) is 5.34. The molecule has 0 spiro atoms. The van der Waals surface area contributed by atoms with Crippen molar-refractivity contribution in [3.8, 4) is 0 Å². The molecule has 1 aromatic carbocycles. The van der Waals surface area contributed by atoms with E-state index in [1.54, 1.807) is 12.1 Å². The van der Waals surface area contributed by atoms with Crippen molar-refractivity contribution in [2.45, 2.75) is 20.4 Å². The number of nitrogens with zero attached hydrogens (tertiary/aromatic N) is 1. The normalized spacial score (nSPS) is 10.9. The third kappa shape index (κ3) is 2.88. The Kier molecular flexibility index (Phi) is 3.73. The van der Waals surface area contributed by atoms with Crippen molar-refractivity contribution >= 4 is 22.5 Å². The lowest BCUT2D eigenvalue weighted by atomic mass is 10.1. The van der Waals surface area contributed by atoms with Crippen molar-refractivity contribution in [1.29, 1.82) is 0 Å². The van der Waals surface area contributed by atoms with Gasteiger partial charge in [0.2, 0.25) is 0 Å². The minimum Gasteiger partial charge on any atom is -0.454 e. The second kappa shape index (κ2) is 5.72. The molecule has 3 rings (SSSR count). The molecule has 0 saturated heterocycles. The zero-order chi connectivity index (χ0) is 16.6. The summed E-state index contributed by atoms with van der Waals surface area (Å²) in [5.74, 6) is -0.253. The van der Waals surface area contributed by atoms with Gasteiger partial charge in [0.1, 0.15) is 11.6 Å². The minimum absolute atomic E-state index is 0.111. The number of halogens is 1. The van der Waals surface area contributed by atoms with Gasteiger partial charge < -0.3 is 15.5 Å². The summed E-state index contributed by atoms with van der Waals surface area (Å²) in [6, 6.07) is 7.70. The van der Waals surface area contributed by atoms with Gasteiger partial charge in [-0.1, -0.05) is 0 Å². The number of carbonyl (C=O) groups is 1. The number of hydrogen-bond acceptors (Lipinski definition) is 4. The van der Waals surface area contributed by atoms with Crippen LogP contribution >= 0.6 is 0 Å². The molecule has 0 aliphatic carbocycles. The van der Waals surface area contributed by atoms with Crippen LogP contribution in [0.25, 0.3) is 10.9 Å². The molecule has 0 aliphatic rings. The summed E-state index contributed by atoms with van der Waals surface area (Å²) >= 11 is 0. The summed E-state index contributed by atoms with van der Waals surface area (Å²) in [6.07, 6.45) is 0. The standard InChI is InChI=1S/C17H16FN3O2/c1-9-10(2)21-14-5-3-11(18)7-13(14)16(9)20-8-12-4-6-15(23-12)17(19)22/h3-7H,8H2,1-2H3,(H2,19,22)(H,20,21). The van der Waals surface area contributed by atoms with Gasteiger partial charge in [-0.25, -0.2) is 4.39 Å². The summed E-state index contributed by atoms with van der Waals surface area (Å²) in [5.41, 5.74) is 8.48. The van der Waals surface area contributed by atoms with E-state index >= 15 is 0 Å². The molecule has 0 saturated carbocycles. The Morgan fingerprint density at radius 3 is 2.78 bits per heavy atom. The van der Waals surface area contributed by atoms with Crippen LogP contribution in [0.15, 0.2) is 34.7 Å². The number of nitrogens with one attached hydrogen (secondary N) is 1. The van der Waals surface area contributed by atoms with Gasteiger partial charge in [0.15, 0.2) is 5.76 Å². The van der Waals surface area contributed by atoms with Gasteiger partial charge in [-0.05, 0) is 49.7 Å². The van der Waals surface area contributed by atoms with E-state index in [0.717, 1.165) is 16.9 Å². The molecule has 2 aromatic heterocycles. The van der Waals surface area contributed by atoms with Gasteiger partial charge >= 0.3 is 0 Å².